The molecule has 0 saturated heterocycles. The number of aromatic nitrogens is 2. The van der Waals surface area contributed by atoms with Crippen LogP contribution in [0.3, 0.4) is 0 Å². The van der Waals surface area contributed by atoms with E-state index in [1.54, 1.807) is 57.7 Å². The van der Waals surface area contributed by atoms with Gasteiger partial charge in [0.15, 0.2) is 0 Å². The summed E-state index contributed by atoms with van der Waals surface area (Å²) in [5.74, 6) is 0. The molecule has 0 bridgehead atoms. The average molecular weight is 1000 g/mol. The molecule has 0 aliphatic heterocycles. The van der Waals surface area contributed by atoms with Crippen molar-refractivity contribution in [1.29, 1.82) is 5.26 Å². The lowest BCUT2D eigenvalue weighted by molar-refractivity contribution is -0.144. The van der Waals surface area contributed by atoms with E-state index in [0.29, 0.717) is 56.8 Å². The molecule has 18 heteroatoms. The Bertz CT molecular complexity index is 3600. The molecule has 0 atom stereocenters. The summed E-state index contributed by atoms with van der Waals surface area (Å²) in [6.07, 6.45) is -25.5. The molecule has 72 heavy (non-hydrogen) atoms. The van der Waals surface area contributed by atoms with Gasteiger partial charge in [0.25, 0.3) is 0 Å². The van der Waals surface area contributed by atoms with Gasteiger partial charge in [0.2, 0.25) is 0 Å². The predicted molar refractivity (Wildman–Crippen MR) is 241 cm³/mol. The van der Waals surface area contributed by atoms with E-state index in [4.69, 9.17) is 0 Å². The standard InChI is InChI=1S/C54H26F15N3/c55-50(56,57)34-7-5-6-31(18-34)49-47(71-43-10-3-1-8-39(43)41-23-29(12-14-45(41)71)32-19-35(51(58,59)60)25-36(20-32)52(61,62)63)16-28(27-70)17-48(49)72-44-11-4-2-9-40(44)42-24-30(13-15-46(42)72)33-21-37(53(64,65)66)26-38(22-33)54(67,68)69/h1-26H. The maximum Gasteiger partial charge on any atom is 0.416 e. The van der Waals surface area contributed by atoms with Crippen molar-refractivity contribution in [3.8, 4) is 50.8 Å². The number of alkyl halides is 15. The van der Waals surface area contributed by atoms with Gasteiger partial charge in [-0.1, -0.05) is 60.7 Å². The van der Waals surface area contributed by atoms with Gasteiger partial charge in [0.05, 0.1) is 72.9 Å². The molecule has 2 aromatic heterocycles. The van der Waals surface area contributed by atoms with Crippen LogP contribution in [-0.2, 0) is 30.9 Å². The molecule has 0 spiro atoms. The molecule has 3 nitrogen and oxygen atoms in total. The van der Waals surface area contributed by atoms with Crippen molar-refractivity contribution in [3.63, 3.8) is 0 Å². The summed E-state index contributed by atoms with van der Waals surface area (Å²) in [6.45, 7) is 0. The Kier molecular flexibility index (Phi) is 10.8. The Balaban J connectivity index is 1.28. The second-order valence-corrected chi connectivity index (χ2v) is 16.8. The first-order valence-corrected chi connectivity index (χ1v) is 21.2. The molecule has 0 N–H and O–H groups in total. The highest BCUT2D eigenvalue weighted by molar-refractivity contribution is 6.13. The number of rotatable bonds is 5. The van der Waals surface area contributed by atoms with Crippen LogP contribution in [0.2, 0.25) is 0 Å². The van der Waals surface area contributed by atoms with Gasteiger partial charge >= 0.3 is 30.9 Å². The van der Waals surface area contributed by atoms with E-state index in [-0.39, 0.29) is 62.4 Å². The minimum absolute atomic E-state index is 0.00246. The van der Waals surface area contributed by atoms with Crippen molar-refractivity contribution < 1.29 is 65.9 Å². The summed E-state index contributed by atoms with van der Waals surface area (Å²) in [7, 11) is 0. The van der Waals surface area contributed by atoms with E-state index in [1.165, 1.54) is 54.6 Å². The maximum absolute atomic E-state index is 14.6. The Labute approximate surface area is 395 Å². The zero-order valence-corrected chi connectivity index (χ0v) is 36.0. The fraction of sp³-hybridized carbons (Fsp3) is 0.0926. The molecule has 8 aromatic carbocycles. The summed E-state index contributed by atoms with van der Waals surface area (Å²) >= 11 is 0. The topological polar surface area (TPSA) is 33.6 Å². The smallest absolute Gasteiger partial charge is 0.308 e. The fourth-order valence-corrected chi connectivity index (χ4v) is 9.24. The first-order chi connectivity index (χ1) is 33.8. The van der Waals surface area contributed by atoms with Crippen LogP contribution in [0.5, 0.6) is 0 Å². The molecule has 2 heterocycles. The number of hydrogen-bond acceptors (Lipinski definition) is 1. The summed E-state index contributed by atoms with van der Waals surface area (Å²) in [5.41, 5.74) is -6.79. The summed E-state index contributed by atoms with van der Waals surface area (Å²) < 4.78 is 215. The third-order valence-corrected chi connectivity index (χ3v) is 12.4. The van der Waals surface area contributed by atoms with Crippen LogP contribution in [0.1, 0.15) is 33.4 Å². The molecule has 10 rings (SSSR count). The van der Waals surface area contributed by atoms with Gasteiger partial charge < -0.3 is 9.13 Å². The van der Waals surface area contributed by atoms with Crippen molar-refractivity contribution >= 4 is 43.6 Å². The lowest BCUT2D eigenvalue weighted by Crippen LogP contribution is -2.11. The molecular formula is C54H26F15N3. The molecule has 0 saturated carbocycles. The van der Waals surface area contributed by atoms with Crippen LogP contribution in [0, 0.1) is 11.3 Å². The van der Waals surface area contributed by atoms with Crippen molar-refractivity contribution in [1.82, 2.24) is 9.13 Å². The van der Waals surface area contributed by atoms with Crippen LogP contribution >= 0.6 is 0 Å². The Morgan fingerprint density at radius 1 is 0.306 bits per heavy atom. The van der Waals surface area contributed by atoms with Crippen molar-refractivity contribution in [2.45, 2.75) is 30.9 Å². The van der Waals surface area contributed by atoms with Crippen LogP contribution in [0.25, 0.3) is 88.4 Å². The molecule has 362 valence electrons. The fourth-order valence-electron chi connectivity index (χ4n) is 9.24. The second kappa shape index (κ2) is 16.4. The summed E-state index contributed by atoms with van der Waals surface area (Å²) in [4.78, 5) is 0. The number of fused-ring (bicyclic) bond motifs is 6. The van der Waals surface area contributed by atoms with E-state index in [0.717, 1.165) is 18.2 Å². The van der Waals surface area contributed by atoms with Crippen molar-refractivity contribution in [2.75, 3.05) is 0 Å². The van der Waals surface area contributed by atoms with E-state index < -0.39 is 69.8 Å². The second-order valence-electron chi connectivity index (χ2n) is 16.8. The molecule has 10 aromatic rings. The van der Waals surface area contributed by atoms with Gasteiger partial charge in [-0.2, -0.15) is 71.1 Å². The Morgan fingerprint density at radius 3 is 1.04 bits per heavy atom. The van der Waals surface area contributed by atoms with E-state index in [2.05, 4.69) is 6.07 Å². The highest BCUT2D eigenvalue weighted by atomic mass is 19.4. The molecule has 0 aliphatic rings. The van der Waals surface area contributed by atoms with Crippen molar-refractivity contribution in [2.24, 2.45) is 0 Å². The molecule has 0 fully saturated rings. The van der Waals surface area contributed by atoms with E-state index in [1.807, 2.05) is 0 Å². The highest BCUT2D eigenvalue weighted by Gasteiger charge is 2.39. The van der Waals surface area contributed by atoms with Gasteiger partial charge in [-0.25, -0.2) is 0 Å². The number of hydrogen-bond donors (Lipinski definition) is 0. The first kappa shape index (κ1) is 47.5. The number of halogens is 15. The minimum atomic E-state index is -5.15. The number of nitrogens with zero attached hydrogens (tertiary/aromatic N) is 3. The number of para-hydroxylation sites is 2. The van der Waals surface area contributed by atoms with Gasteiger partial charge in [0.1, 0.15) is 0 Å². The molecule has 0 radical (unpaired) electrons. The third-order valence-electron chi connectivity index (χ3n) is 12.4. The van der Waals surface area contributed by atoms with Crippen molar-refractivity contribution in [3.05, 3.63) is 191 Å². The Hall–Kier alpha value is -8.20. The predicted octanol–water partition coefficient (Wildman–Crippen LogP) is 17.8. The Morgan fingerprint density at radius 2 is 0.667 bits per heavy atom. The average Bonchev–Trinajstić information content (AvgIpc) is 3.84. The van der Waals surface area contributed by atoms with Crippen LogP contribution in [0.4, 0.5) is 65.9 Å². The normalized spacial score (nSPS) is 12.9. The maximum atomic E-state index is 14.6. The minimum Gasteiger partial charge on any atom is -0.308 e. The molecule has 0 unspecified atom stereocenters. The lowest BCUT2D eigenvalue weighted by atomic mass is 9.96. The van der Waals surface area contributed by atoms with Gasteiger partial charge in [0, 0.05) is 27.1 Å². The molecular weight excluding hydrogens is 976 g/mol. The van der Waals surface area contributed by atoms with Crippen LogP contribution in [-0.4, -0.2) is 9.13 Å². The summed E-state index contributed by atoms with van der Waals surface area (Å²) in [6, 6.07) is 32.6. The van der Waals surface area contributed by atoms with Crippen LogP contribution in [0.15, 0.2) is 158 Å². The van der Waals surface area contributed by atoms with E-state index in [9.17, 15) is 71.1 Å². The van der Waals surface area contributed by atoms with E-state index >= 15 is 0 Å². The van der Waals surface area contributed by atoms with Crippen LogP contribution < -0.4 is 0 Å². The largest absolute Gasteiger partial charge is 0.416 e. The molecule has 0 amide bonds. The lowest BCUT2D eigenvalue weighted by Gasteiger charge is -2.21. The quantitative estimate of drug-likeness (QED) is 0.158. The highest BCUT2D eigenvalue weighted by Crippen LogP contribution is 2.47. The molecule has 0 aliphatic carbocycles. The summed E-state index contributed by atoms with van der Waals surface area (Å²) in [5, 5.41) is 12.1. The third kappa shape index (κ3) is 8.31. The monoisotopic (exact) mass is 1000 g/mol. The van der Waals surface area contributed by atoms with Gasteiger partial charge in [-0.3, -0.25) is 0 Å². The van der Waals surface area contributed by atoms with Gasteiger partial charge in [-0.15, -0.1) is 0 Å². The first-order valence-electron chi connectivity index (χ1n) is 21.2. The SMILES string of the molecule is N#Cc1cc(-n2c3ccccc3c3cc(-c4cc(C(F)(F)F)cc(C(F)(F)F)c4)ccc32)c(-c2cccc(C(F)(F)F)c2)c(-n2c3ccccc3c3cc(-c4cc(C(F)(F)F)cc(C(F)(F)F)c4)ccc32)c1. The zero-order chi connectivity index (χ0) is 51.4. The zero-order valence-electron chi connectivity index (χ0n) is 36.0. The number of benzene rings is 8. The number of nitriles is 1. The van der Waals surface area contributed by atoms with Gasteiger partial charge in [-0.05, 0) is 125 Å².